The van der Waals surface area contributed by atoms with E-state index in [1.165, 1.54) is 38.0 Å². The molecule has 0 aromatic heterocycles. The van der Waals surface area contributed by atoms with Crippen molar-refractivity contribution in [3.63, 3.8) is 0 Å². The Kier molecular flexibility index (Phi) is 8.78. The molecule has 0 aliphatic heterocycles. The first kappa shape index (κ1) is 22.2. The second-order valence-corrected chi connectivity index (χ2v) is 7.49. The number of nitrogens with two attached hydrogens (primary N) is 1. The minimum atomic E-state index is -0.388. The van der Waals surface area contributed by atoms with E-state index in [1.807, 2.05) is 12.1 Å². The molecule has 2 unspecified atom stereocenters. The number of fused-ring (bicyclic) bond motifs is 1. The first-order chi connectivity index (χ1) is 13.5. The molecule has 0 saturated carbocycles. The lowest BCUT2D eigenvalue weighted by molar-refractivity contribution is 0.146. The molecule has 0 spiro atoms. The third kappa shape index (κ3) is 5.48. The standard InChI is InChI=1S/C17H17FO2.C7H17N/c1-11-10-12-6-3-4-7-13(12)16(11)20-17-14(18)8-5-9-15(17)19-2;1-3-5-7(4-2)6-8/h3-9,11,16H,10H2,1-2H3;7H,3-6,8H2,1-2H3/t11-,16?;/m1./s1. The summed E-state index contributed by atoms with van der Waals surface area (Å²) in [6, 6.07) is 12.9. The molecule has 3 atom stereocenters. The number of hydrogen-bond donors (Lipinski definition) is 1. The summed E-state index contributed by atoms with van der Waals surface area (Å²) in [6.45, 7) is 7.40. The van der Waals surface area contributed by atoms with E-state index in [0.717, 1.165) is 24.4 Å². The third-order valence-electron chi connectivity index (χ3n) is 5.42. The highest BCUT2D eigenvalue weighted by Crippen LogP contribution is 2.42. The molecule has 0 saturated heterocycles. The summed E-state index contributed by atoms with van der Waals surface area (Å²) in [6.07, 6.45) is 4.64. The zero-order valence-electron chi connectivity index (χ0n) is 17.6. The number of hydrogen-bond acceptors (Lipinski definition) is 3. The highest BCUT2D eigenvalue weighted by molar-refractivity contribution is 5.43. The first-order valence-electron chi connectivity index (χ1n) is 10.3. The topological polar surface area (TPSA) is 44.5 Å². The van der Waals surface area contributed by atoms with Gasteiger partial charge < -0.3 is 15.2 Å². The molecule has 0 heterocycles. The van der Waals surface area contributed by atoms with Crippen LogP contribution in [0.1, 0.15) is 57.3 Å². The largest absolute Gasteiger partial charge is 0.493 e. The second kappa shape index (κ2) is 11.1. The van der Waals surface area contributed by atoms with Crippen LogP contribution in [0.15, 0.2) is 42.5 Å². The molecular weight excluding hydrogens is 353 g/mol. The Hall–Kier alpha value is -2.07. The van der Waals surface area contributed by atoms with Gasteiger partial charge >= 0.3 is 0 Å². The van der Waals surface area contributed by atoms with E-state index in [2.05, 4.69) is 32.9 Å². The van der Waals surface area contributed by atoms with Crippen molar-refractivity contribution in [1.29, 1.82) is 0 Å². The van der Waals surface area contributed by atoms with Crippen LogP contribution < -0.4 is 15.2 Å². The summed E-state index contributed by atoms with van der Waals surface area (Å²) in [5.41, 5.74) is 7.89. The molecule has 4 heteroatoms. The van der Waals surface area contributed by atoms with Crippen LogP contribution in [0.3, 0.4) is 0 Å². The Morgan fingerprint density at radius 1 is 1.14 bits per heavy atom. The summed E-state index contributed by atoms with van der Waals surface area (Å²) in [5, 5.41) is 0. The van der Waals surface area contributed by atoms with E-state index >= 15 is 0 Å². The summed E-state index contributed by atoms with van der Waals surface area (Å²) in [4.78, 5) is 0. The number of para-hydroxylation sites is 1. The minimum Gasteiger partial charge on any atom is -0.493 e. The highest BCUT2D eigenvalue weighted by Gasteiger charge is 2.32. The molecule has 154 valence electrons. The van der Waals surface area contributed by atoms with Crippen LogP contribution in [0.4, 0.5) is 4.39 Å². The Balaban J connectivity index is 0.000000300. The van der Waals surface area contributed by atoms with Crippen molar-refractivity contribution in [2.24, 2.45) is 17.6 Å². The van der Waals surface area contributed by atoms with Crippen molar-refractivity contribution in [2.45, 2.75) is 52.6 Å². The normalized spacial score (nSPS) is 18.6. The van der Waals surface area contributed by atoms with Gasteiger partial charge in [-0.3, -0.25) is 0 Å². The monoisotopic (exact) mass is 387 g/mol. The van der Waals surface area contributed by atoms with Crippen LogP contribution in [-0.4, -0.2) is 13.7 Å². The Morgan fingerprint density at radius 3 is 2.50 bits per heavy atom. The SMILES string of the molecule is CCCC(CC)CN.COc1cccc(F)c1OC1c2ccccc2C[C@H]1C. The van der Waals surface area contributed by atoms with Crippen molar-refractivity contribution < 1.29 is 13.9 Å². The molecule has 1 aliphatic carbocycles. The van der Waals surface area contributed by atoms with Crippen molar-refractivity contribution in [3.8, 4) is 11.5 Å². The van der Waals surface area contributed by atoms with Crippen LogP contribution in [0.25, 0.3) is 0 Å². The second-order valence-electron chi connectivity index (χ2n) is 7.49. The molecule has 1 aliphatic rings. The molecule has 0 radical (unpaired) electrons. The maximum atomic E-state index is 14.0. The summed E-state index contributed by atoms with van der Waals surface area (Å²) in [5.74, 6) is 1.34. The zero-order chi connectivity index (χ0) is 20.5. The molecule has 28 heavy (non-hydrogen) atoms. The number of benzene rings is 2. The first-order valence-corrected chi connectivity index (χ1v) is 10.3. The van der Waals surface area contributed by atoms with Crippen LogP contribution in [0, 0.1) is 17.7 Å². The van der Waals surface area contributed by atoms with Gasteiger partial charge in [0.15, 0.2) is 17.3 Å². The Labute approximate surface area is 169 Å². The smallest absolute Gasteiger partial charge is 0.197 e. The number of methoxy groups -OCH3 is 1. The summed E-state index contributed by atoms with van der Waals surface area (Å²) >= 11 is 0. The van der Waals surface area contributed by atoms with Crippen LogP contribution in [-0.2, 0) is 6.42 Å². The fraction of sp³-hybridized carbons (Fsp3) is 0.500. The fourth-order valence-electron chi connectivity index (χ4n) is 3.73. The quantitative estimate of drug-likeness (QED) is 0.641. The van der Waals surface area contributed by atoms with Gasteiger partial charge in [0.25, 0.3) is 0 Å². The molecule has 2 N–H and O–H groups in total. The lowest BCUT2D eigenvalue weighted by Crippen LogP contribution is -2.12. The Morgan fingerprint density at radius 2 is 1.89 bits per heavy atom. The number of halogens is 1. The fourth-order valence-corrected chi connectivity index (χ4v) is 3.73. The highest BCUT2D eigenvalue weighted by atomic mass is 19.1. The summed E-state index contributed by atoms with van der Waals surface area (Å²) in [7, 11) is 1.52. The molecular formula is C24H34FNO2. The molecule has 2 aromatic carbocycles. The molecule has 0 amide bonds. The van der Waals surface area contributed by atoms with E-state index in [0.29, 0.717) is 11.7 Å². The van der Waals surface area contributed by atoms with Gasteiger partial charge in [0.1, 0.15) is 6.10 Å². The van der Waals surface area contributed by atoms with Gasteiger partial charge in [0, 0.05) is 5.92 Å². The van der Waals surface area contributed by atoms with Gasteiger partial charge in [-0.15, -0.1) is 0 Å². The molecule has 0 fully saturated rings. The van der Waals surface area contributed by atoms with Gasteiger partial charge in [-0.2, -0.15) is 0 Å². The Bertz CT molecular complexity index is 730. The van der Waals surface area contributed by atoms with Gasteiger partial charge in [-0.05, 0) is 48.6 Å². The lowest BCUT2D eigenvalue weighted by Gasteiger charge is -2.21. The van der Waals surface area contributed by atoms with Crippen LogP contribution in [0.2, 0.25) is 0 Å². The van der Waals surface area contributed by atoms with Crippen molar-refractivity contribution in [2.75, 3.05) is 13.7 Å². The average molecular weight is 388 g/mol. The van der Waals surface area contributed by atoms with E-state index in [1.54, 1.807) is 12.1 Å². The van der Waals surface area contributed by atoms with Gasteiger partial charge in [0.2, 0.25) is 0 Å². The maximum absolute atomic E-state index is 14.0. The van der Waals surface area contributed by atoms with Crippen LogP contribution >= 0.6 is 0 Å². The van der Waals surface area contributed by atoms with E-state index in [-0.39, 0.29) is 17.7 Å². The molecule has 2 aromatic rings. The number of ether oxygens (including phenoxy) is 2. The van der Waals surface area contributed by atoms with Gasteiger partial charge in [-0.25, -0.2) is 4.39 Å². The van der Waals surface area contributed by atoms with Gasteiger partial charge in [-0.1, -0.05) is 63.9 Å². The number of rotatable bonds is 7. The summed E-state index contributed by atoms with van der Waals surface area (Å²) < 4.78 is 25.2. The molecule has 3 nitrogen and oxygen atoms in total. The van der Waals surface area contributed by atoms with Gasteiger partial charge in [0.05, 0.1) is 7.11 Å². The zero-order valence-corrected chi connectivity index (χ0v) is 17.6. The minimum absolute atomic E-state index is 0.128. The predicted molar refractivity (Wildman–Crippen MR) is 113 cm³/mol. The van der Waals surface area contributed by atoms with E-state index < -0.39 is 0 Å². The van der Waals surface area contributed by atoms with Crippen LogP contribution in [0.5, 0.6) is 11.5 Å². The van der Waals surface area contributed by atoms with Crippen molar-refractivity contribution in [3.05, 3.63) is 59.4 Å². The van der Waals surface area contributed by atoms with Crippen molar-refractivity contribution in [1.82, 2.24) is 0 Å². The van der Waals surface area contributed by atoms with E-state index in [4.69, 9.17) is 15.2 Å². The van der Waals surface area contributed by atoms with Crippen molar-refractivity contribution >= 4 is 0 Å². The third-order valence-corrected chi connectivity index (χ3v) is 5.42. The molecule has 3 rings (SSSR count). The average Bonchev–Trinajstić information content (AvgIpc) is 3.03. The maximum Gasteiger partial charge on any atom is 0.197 e. The van der Waals surface area contributed by atoms with E-state index in [9.17, 15) is 4.39 Å². The lowest BCUT2D eigenvalue weighted by atomic mass is 10.0. The predicted octanol–water partition coefficient (Wildman–Crippen LogP) is 5.92. The molecule has 0 bridgehead atoms.